The minimum Gasteiger partial charge on any atom is -0.494 e. The zero-order valence-corrected chi connectivity index (χ0v) is 17.3. The third kappa shape index (κ3) is 5.86. The van der Waals surface area contributed by atoms with E-state index in [1.165, 1.54) is 11.8 Å². The van der Waals surface area contributed by atoms with Crippen molar-refractivity contribution in [3.8, 4) is 5.75 Å². The summed E-state index contributed by atoms with van der Waals surface area (Å²) in [5.41, 5.74) is 1.80. The highest BCUT2D eigenvalue weighted by Crippen LogP contribution is 2.23. The van der Waals surface area contributed by atoms with Crippen LogP contribution < -0.4 is 10.1 Å². The summed E-state index contributed by atoms with van der Waals surface area (Å²) in [7, 11) is 0. The summed E-state index contributed by atoms with van der Waals surface area (Å²) in [6.07, 6.45) is 5.68. The third-order valence-electron chi connectivity index (χ3n) is 5.55. The maximum atomic E-state index is 12.4. The fraction of sp³-hybridized carbons (Fsp3) is 0.478. The lowest BCUT2D eigenvalue weighted by molar-refractivity contribution is -0.131. The van der Waals surface area contributed by atoms with Crippen molar-refractivity contribution in [2.24, 2.45) is 5.92 Å². The average molecular weight is 399 g/mol. The maximum Gasteiger partial charge on any atom is 0.255 e. The standard InChI is InChI=1S/C23H30N2O4/c1-3-28-20-8-6-18(7-9-20)4-5-19-10-13-25(14-11-19)22(26)16-24-23(27)21-12-15-29-17(21)2/h6-9,12,15,19H,3-5,10-11,13-14,16H2,1-2H3,(H,24,27). The van der Waals surface area contributed by atoms with Gasteiger partial charge in [0.1, 0.15) is 11.5 Å². The first-order valence-corrected chi connectivity index (χ1v) is 10.4. The molecule has 1 aliphatic rings. The molecule has 0 radical (unpaired) electrons. The summed E-state index contributed by atoms with van der Waals surface area (Å²) in [6.45, 7) is 5.94. The maximum absolute atomic E-state index is 12.4. The number of carbonyl (C=O) groups is 2. The lowest BCUT2D eigenvalue weighted by Gasteiger charge is -2.32. The molecule has 0 bridgehead atoms. The highest BCUT2D eigenvalue weighted by molar-refractivity contribution is 5.97. The van der Waals surface area contributed by atoms with Gasteiger partial charge in [0, 0.05) is 13.1 Å². The summed E-state index contributed by atoms with van der Waals surface area (Å²) >= 11 is 0. The van der Waals surface area contributed by atoms with Crippen molar-refractivity contribution < 1.29 is 18.7 Å². The molecule has 0 saturated carbocycles. The average Bonchev–Trinajstić information content (AvgIpc) is 3.18. The molecule has 3 rings (SSSR count). The predicted octanol–water partition coefficient (Wildman–Crippen LogP) is 3.59. The van der Waals surface area contributed by atoms with E-state index in [4.69, 9.17) is 9.15 Å². The molecule has 1 aliphatic heterocycles. The molecule has 0 aliphatic carbocycles. The van der Waals surface area contributed by atoms with Gasteiger partial charge in [0.25, 0.3) is 5.91 Å². The van der Waals surface area contributed by atoms with Crippen LogP contribution in [-0.4, -0.2) is 43.0 Å². The molecule has 0 atom stereocenters. The van der Waals surface area contributed by atoms with Crippen LogP contribution in [-0.2, 0) is 11.2 Å². The predicted molar refractivity (Wildman–Crippen MR) is 111 cm³/mol. The molecule has 29 heavy (non-hydrogen) atoms. The molecule has 2 aromatic rings. The Bertz CT molecular complexity index is 805. The molecular formula is C23H30N2O4. The molecule has 1 saturated heterocycles. The topological polar surface area (TPSA) is 71.8 Å². The second-order valence-corrected chi connectivity index (χ2v) is 7.51. The van der Waals surface area contributed by atoms with Crippen molar-refractivity contribution in [3.63, 3.8) is 0 Å². The Morgan fingerprint density at radius 3 is 2.52 bits per heavy atom. The first kappa shape index (κ1) is 21.0. The number of hydrogen-bond acceptors (Lipinski definition) is 4. The third-order valence-corrected chi connectivity index (χ3v) is 5.55. The van der Waals surface area contributed by atoms with Crippen LogP contribution in [0.5, 0.6) is 5.75 Å². The zero-order chi connectivity index (χ0) is 20.6. The van der Waals surface area contributed by atoms with Crippen molar-refractivity contribution in [1.29, 1.82) is 0 Å². The number of piperidine rings is 1. The second-order valence-electron chi connectivity index (χ2n) is 7.51. The molecular weight excluding hydrogens is 368 g/mol. The van der Waals surface area contributed by atoms with Crippen LogP contribution in [0.25, 0.3) is 0 Å². The van der Waals surface area contributed by atoms with Gasteiger partial charge in [-0.25, -0.2) is 0 Å². The Labute approximate surface area is 172 Å². The molecule has 0 unspecified atom stereocenters. The Morgan fingerprint density at radius 1 is 1.17 bits per heavy atom. The van der Waals surface area contributed by atoms with E-state index in [0.717, 1.165) is 44.5 Å². The Hall–Kier alpha value is -2.76. The molecule has 1 N–H and O–H groups in total. The van der Waals surface area contributed by atoms with Gasteiger partial charge < -0.3 is 19.4 Å². The molecule has 1 aromatic heterocycles. The number of nitrogens with zero attached hydrogens (tertiary/aromatic N) is 1. The van der Waals surface area contributed by atoms with Gasteiger partial charge in [0.15, 0.2) is 0 Å². The van der Waals surface area contributed by atoms with Gasteiger partial charge >= 0.3 is 0 Å². The highest BCUT2D eigenvalue weighted by Gasteiger charge is 2.23. The smallest absolute Gasteiger partial charge is 0.255 e. The summed E-state index contributed by atoms with van der Waals surface area (Å²) in [5, 5.41) is 2.69. The summed E-state index contributed by atoms with van der Waals surface area (Å²) < 4.78 is 10.6. The van der Waals surface area contributed by atoms with Gasteiger partial charge in [-0.05, 0) is 69.2 Å². The highest BCUT2D eigenvalue weighted by atomic mass is 16.5. The molecule has 156 valence electrons. The number of furan rings is 1. The number of likely N-dealkylation sites (tertiary alicyclic amines) is 1. The van der Waals surface area contributed by atoms with E-state index in [9.17, 15) is 9.59 Å². The van der Waals surface area contributed by atoms with Gasteiger partial charge in [0.05, 0.1) is 25.0 Å². The largest absolute Gasteiger partial charge is 0.494 e. The Morgan fingerprint density at radius 2 is 1.90 bits per heavy atom. The van der Waals surface area contributed by atoms with Crippen LogP contribution in [0.15, 0.2) is 41.0 Å². The van der Waals surface area contributed by atoms with E-state index < -0.39 is 0 Å². The lowest BCUT2D eigenvalue weighted by atomic mass is 9.90. The van der Waals surface area contributed by atoms with E-state index in [2.05, 4.69) is 17.4 Å². The van der Waals surface area contributed by atoms with Crippen LogP contribution in [0, 0.1) is 12.8 Å². The van der Waals surface area contributed by atoms with E-state index >= 15 is 0 Å². The van der Waals surface area contributed by atoms with Gasteiger partial charge in [-0.15, -0.1) is 0 Å². The summed E-state index contributed by atoms with van der Waals surface area (Å²) in [5.74, 6) is 1.81. The van der Waals surface area contributed by atoms with Crippen molar-refractivity contribution >= 4 is 11.8 Å². The van der Waals surface area contributed by atoms with Gasteiger partial charge in [0.2, 0.25) is 5.91 Å². The minimum atomic E-state index is -0.269. The first-order chi connectivity index (χ1) is 14.1. The number of aryl methyl sites for hydroxylation is 2. The molecule has 2 heterocycles. The number of rotatable bonds is 8. The molecule has 0 spiro atoms. The van der Waals surface area contributed by atoms with Crippen LogP contribution in [0.3, 0.4) is 0 Å². The Balaban J connectivity index is 1.36. The summed E-state index contributed by atoms with van der Waals surface area (Å²) in [4.78, 5) is 26.4. The van der Waals surface area contributed by atoms with Crippen molar-refractivity contribution in [3.05, 3.63) is 53.5 Å². The van der Waals surface area contributed by atoms with Crippen molar-refractivity contribution in [2.75, 3.05) is 26.2 Å². The second kappa shape index (κ2) is 10.1. The van der Waals surface area contributed by atoms with E-state index in [1.54, 1.807) is 13.0 Å². The van der Waals surface area contributed by atoms with E-state index in [1.807, 2.05) is 24.0 Å². The normalized spacial score (nSPS) is 14.6. The fourth-order valence-electron chi connectivity index (χ4n) is 3.74. The molecule has 6 nitrogen and oxygen atoms in total. The fourth-order valence-corrected chi connectivity index (χ4v) is 3.74. The molecule has 2 amide bonds. The monoisotopic (exact) mass is 398 g/mol. The number of carbonyl (C=O) groups excluding carboxylic acids is 2. The van der Waals surface area contributed by atoms with Crippen LogP contribution in [0.4, 0.5) is 0 Å². The van der Waals surface area contributed by atoms with E-state index in [0.29, 0.717) is 23.8 Å². The number of hydrogen-bond donors (Lipinski definition) is 1. The van der Waals surface area contributed by atoms with Crippen LogP contribution in [0.1, 0.15) is 47.9 Å². The lowest BCUT2D eigenvalue weighted by Crippen LogP contribution is -2.44. The van der Waals surface area contributed by atoms with Crippen molar-refractivity contribution in [2.45, 2.75) is 39.5 Å². The van der Waals surface area contributed by atoms with Gasteiger partial charge in [-0.2, -0.15) is 0 Å². The van der Waals surface area contributed by atoms with E-state index in [-0.39, 0.29) is 18.4 Å². The quantitative estimate of drug-likeness (QED) is 0.738. The van der Waals surface area contributed by atoms with Crippen LogP contribution in [0.2, 0.25) is 0 Å². The summed E-state index contributed by atoms with van der Waals surface area (Å²) in [6, 6.07) is 9.94. The SMILES string of the molecule is CCOc1ccc(CCC2CCN(C(=O)CNC(=O)c3ccoc3C)CC2)cc1. The van der Waals surface area contributed by atoms with Gasteiger partial charge in [-0.3, -0.25) is 9.59 Å². The zero-order valence-electron chi connectivity index (χ0n) is 17.3. The first-order valence-electron chi connectivity index (χ1n) is 10.4. The number of ether oxygens (including phenoxy) is 1. The van der Waals surface area contributed by atoms with Crippen molar-refractivity contribution in [1.82, 2.24) is 10.2 Å². The Kier molecular flexibility index (Phi) is 7.33. The van der Waals surface area contributed by atoms with Gasteiger partial charge in [-0.1, -0.05) is 12.1 Å². The molecule has 1 aromatic carbocycles. The molecule has 6 heteroatoms. The van der Waals surface area contributed by atoms with Crippen LogP contribution >= 0.6 is 0 Å². The number of nitrogens with one attached hydrogen (secondary N) is 1. The minimum absolute atomic E-state index is 0.0236. The number of amides is 2. The molecule has 1 fully saturated rings. The number of benzene rings is 1.